The molecular weight excluding hydrogens is 391 g/mol. The van der Waals surface area contributed by atoms with E-state index in [0.29, 0.717) is 28.6 Å². The van der Waals surface area contributed by atoms with Crippen molar-refractivity contribution in [1.29, 1.82) is 0 Å². The lowest BCUT2D eigenvalue weighted by Gasteiger charge is -2.08. The summed E-state index contributed by atoms with van der Waals surface area (Å²) >= 11 is 1.06. The Hall–Kier alpha value is -3.19. The van der Waals surface area contributed by atoms with E-state index in [4.69, 9.17) is 4.74 Å². The van der Waals surface area contributed by atoms with E-state index >= 15 is 0 Å². The van der Waals surface area contributed by atoms with Crippen LogP contribution in [0.2, 0.25) is 0 Å². The van der Waals surface area contributed by atoms with Gasteiger partial charge in [0.1, 0.15) is 12.4 Å². The first-order valence-corrected chi connectivity index (χ1v) is 9.86. The Morgan fingerprint density at radius 2 is 1.90 bits per heavy atom. The number of ketones is 1. The molecule has 29 heavy (non-hydrogen) atoms. The van der Waals surface area contributed by atoms with Gasteiger partial charge >= 0.3 is 0 Å². The number of hydrogen-bond acceptors (Lipinski definition) is 5. The molecule has 148 valence electrons. The number of pyridine rings is 1. The van der Waals surface area contributed by atoms with E-state index in [1.807, 2.05) is 30.3 Å². The van der Waals surface area contributed by atoms with E-state index in [0.717, 1.165) is 17.3 Å². The number of ether oxygens (including phenoxy) is 1. The number of carbonyl (C=O) groups is 2. The van der Waals surface area contributed by atoms with Crippen molar-refractivity contribution in [3.63, 3.8) is 0 Å². The number of benzene rings is 2. The summed E-state index contributed by atoms with van der Waals surface area (Å²) in [5, 5.41) is 2.71. The molecule has 0 saturated heterocycles. The molecule has 2 aromatic carbocycles. The van der Waals surface area contributed by atoms with Crippen LogP contribution in [-0.2, 0) is 11.4 Å². The van der Waals surface area contributed by atoms with E-state index in [2.05, 4.69) is 10.3 Å². The van der Waals surface area contributed by atoms with Crippen molar-refractivity contribution in [3.8, 4) is 5.88 Å². The van der Waals surface area contributed by atoms with Gasteiger partial charge in [-0.15, -0.1) is 11.8 Å². The van der Waals surface area contributed by atoms with Gasteiger partial charge in [-0.25, -0.2) is 9.37 Å². The summed E-state index contributed by atoms with van der Waals surface area (Å²) in [7, 11) is 0. The molecule has 0 aliphatic heterocycles. The maximum Gasteiger partial charge on any atom is 0.234 e. The molecule has 0 aliphatic rings. The maximum atomic E-state index is 14.0. The minimum absolute atomic E-state index is 0.0304. The molecule has 0 bridgehead atoms. The zero-order valence-electron chi connectivity index (χ0n) is 15.7. The van der Waals surface area contributed by atoms with Crippen LogP contribution >= 0.6 is 11.8 Å². The van der Waals surface area contributed by atoms with E-state index < -0.39 is 5.82 Å². The van der Waals surface area contributed by atoms with Gasteiger partial charge in [0.25, 0.3) is 0 Å². The third-order valence-electron chi connectivity index (χ3n) is 3.95. The molecule has 0 fully saturated rings. The number of Topliss-reactive ketones (excluding diaryl/α,β-unsaturated/α-hetero) is 1. The molecule has 0 spiro atoms. The van der Waals surface area contributed by atoms with Crippen molar-refractivity contribution in [3.05, 3.63) is 83.8 Å². The molecular formula is C22H19FN2O3S. The van der Waals surface area contributed by atoms with Crippen LogP contribution in [0.5, 0.6) is 5.88 Å². The molecule has 7 heteroatoms. The van der Waals surface area contributed by atoms with Gasteiger partial charge in [-0.3, -0.25) is 9.59 Å². The number of halogens is 1. The molecule has 3 aromatic rings. The molecule has 5 nitrogen and oxygen atoms in total. The topological polar surface area (TPSA) is 68.3 Å². The van der Waals surface area contributed by atoms with Gasteiger partial charge in [0.15, 0.2) is 5.78 Å². The maximum absolute atomic E-state index is 14.0. The van der Waals surface area contributed by atoms with Crippen molar-refractivity contribution in [2.24, 2.45) is 0 Å². The average Bonchev–Trinajstić information content (AvgIpc) is 2.73. The van der Waals surface area contributed by atoms with E-state index in [1.54, 1.807) is 18.2 Å². The van der Waals surface area contributed by atoms with Crippen LogP contribution in [0.25, 0.3) is 0 Å². The van der Waals surface area contributed by atoms with Crippen LogP contribution in [0, 0.1) is 5.82 Å². The van der Waals surface area contributed by atoms with Crippen LogP contribution in [-0.4, -0.2) is 22.4 Å². The lowest BCUT2D eigenvalue weighted by molar-refractivity contribution is -0.113. The highest BCUT2D eigenvalue weighted by molar-refractivity contribution is 8.00. The van der Waals surface area contributed by atoms with Crippen LogP contribution in [0.15, 0.2) is 71.8 Å². The zero-order valence-corrected chi connectivity index (χ0v) is 16.5. The highest BCUT2D eigenvalue weighted by Gasteiger charge is 2.10. The van der Waals surface area contributed by atoms with Crippen molar-refractivity contribution < 1.29 is 18.7 Å². The van der Waals surface area contributed by atoms with Gasteiger partial charge in [-0.05, 0) is 30.7 Å². The SMILES string of the molecule is CC(=O)c1ccc(SCC(=O)Nc2ccc(OCc3ccccc3)nc2)c(F)c1. The summed E-state index contributed by atoms with van der Waals surface area (Å²) < 4.78 is 19.6. The smallest absolute Gasteiger partial charge is 0.234 e. The number of anilines is 1. The van der Waals surface area contributed by atoms with Crippen molar-refractivity contribution in [2.75, 3.05) is 11.1 Å². The van der Waals surface area contributed by atoms with Crippen molar-refractivity contribution in [1.82, 2.24) is 4.98 Å². The summed E-state index contributed by atoms with van der Waals surface area (Å²) in [5.74, 6) is -0.527. The van der Waals surface area contributed by atoms with E-state index in [1.165, 1.54) is 25.3 Å². The lowest BCUT2D eigenvalue weighted by atomic mass is 10.1. The predicted octanol–water partition coefficient (Wildman–Crippen LogP) is 4.73. The Morgan fingerprint density at radius 1 is 1.10 bits per heavy atom. The highest BCUT2D eigenvalue weighted by atomic mass is 32.2. The molecule has 0 aliphatic carbocycles. The first kappa shape index (κ1) is 20.5. The number of hydrogen-bond donors (Lipinski definition) is 1. The molecule has 3 rings (SSSR count). The van der Waals surface area contributed by atoms with E-state index in [-0.39, 0.29) is 17.4 Å². The number of amides is 1. The summed E-state index contributed by atoms with van der Waals surface area (Å²) in [6.07, 6.45) is 1.51. The van der Waals surface area contributed by atoms with Gasteiger partial charge in [0.05, 0.1) is 17.6 Å². The number of nitrogens with zero attached hydrogens (tertiary/aromatic N) is 1. The summed E-state index contributed by atoms with van der Waals surface area (Å²) in [6, 6.07) is 17.3. The second-order valence-electron chi connectivity index (χ2n) is 6.20. The standard InChI is InChI=1S/C22H19FN2O3S/c1-15(26)17-7-9-20(19(23)11-17)29-14-21(27)25-18-8-10-22(24-12-18)28-13-16-5-3-2-4-6-16/h2-12H,13-14H2,1H3,(H,25,27). The second kappa shape index (κ2) is 9.84. The van der Waals surface area contributed by atoms with Crippen LogP contribution in [0.3, 0.4) is 0 Å². The Labute approximate surface area is 172 Å². The van der Waals surface area contributed by atoms with Crippen molar-refractivity contribution in [2.45, 2.75) is 18.4 Å². The molecule has 1 heterocycles. The van der Waals surface area contributed by atoms with Crippen LogP contribution in [0.4, 0.5) is 10.1 Å². The molecule has 0 atom stereocenters. The summed E-state index contributed by atoms with van der Waals surface area (Å²) in [4.78, 5) is 27.8. The third kappa shape index (κ3) is 6.15. The van der Waals surface area contributed by atoms with E-state index in [9.17, 15) is 14.0 Å². The average molecular weight is 410 g/mol. The number of thioether (sulfide) groups is 1. The molecule has 1 aromatic heterocycles. The first-order chi connectivity index (χ1) is 14.0. The summed E-state index contributed by atoms with van der Waals surface area (Å²) in [5.41, 5.74) is 1.86. The largest absolute Gasteiger partial charge is 0.473 e. The van der Waals surface area contributed by atoms with Gasteiger partial charge < -0.3 is 10.1 Å². The Balaban J connectivity index is 1.48. The fraction of sp³-hybridized carbons (Fsp3) is 0.136. The van der Waals surface area contributed by atoms with Crippen molar-refractivity contribution >= 4 is 29.1 Å². The number of aromatic nitrogens is 1. The van der Waals surface area contributed by atoms with Crippen LogP contribution < -0.4 is 10.1 Å². The van der Waals surface area contributed by atoms with Gasteiger partial charge in [-0.2, -0.15) is 0 Å². The number of rotatable bonds is 8. The molecule has 1 N–H and O–H groups in total. The van der Waals surface area contributed by atoms with Gasteiger partial charge in [0, 0.05) is 16.5 Å². The first-order valence-electron chi connectivity index (χ1n) is 8.87. The lowest BCUT2D eigenvalue weighted by Crippen LogP contribution is -2.14. The normalized spacial score (nSPS) is 10.4. The molecule has 1 amide bonds. The number of nitrogens with one attached hydrogen (secondary N) is 1. The van der Waals surface area contributed by atoms with Crippen LogP contribution in [0.1, 0.15) is 22.8 Å². The fourth-order valence-corrected chi connectivity index (χ4v) is 3.17. The minimum Gasteiger partial charge on any atom is -0.473 e. The minimum atomic E-state index is -0.517. The molecule has 0 saturated carbocycles. The fourth-order valence-electron chi connectivity index (χ4n) is 2.45. The van der Waals surface area contributed by atoms with Gasteiger partial charge in [-0.1, -0.05) is 36.4 Å². The highest BCUT2D eigenvalue weighted by Crippen LogP contribution is 2.23. The molecule has 0 unspecified atom stereocenters. The third-order valence-corrected chi connectivity index (χ3v) is 5.00. The monoisotopic (exact) mass is 410 g/mol. The quantitative estimate of drug-likeness (QED) is 0.429. The second-order valence-corrected chi connectivity index (χ2v) is 7.21. The Morgan fingerprint density at radius 3 is 2.55 bits per heavy atom. The molecule has 0 radical (unpaired) electrons. The zero-order chi connectivity index (χ0) is 20.6. The Bertz CT molecular complexity index is 995. The Kier molecular flexibility index (Phi) is 6.97. The predicted molar refractivity (Wildman–Crippen MR) is 111 cm³/mol. The summed E-state index contributed by atoms with van der Waals surface area (Å²) in [6.45, 7) is 1.78. The van der Waals surface area contributed by atoms with Gasteiger partial charge in [0.2, 0.25) is 11.8 Å². The number of carbonyl (C=O) groups excluding carboxylic acids is 2.